The molecule has 2 heterocycles. The highest BCUT2D eigenvalue weighted by Crippen LogP contribution is 2.22. The van der Waals surface area contributed by atoms with Crippen LogP contribution < -0.4 is 0 Å². The van der Waals surface area contributed by atoms with Gasteiger partial charge in [0.15, 0.2) is 0 Å². The van der Waals surface area contributed by atoms with E-state index >= 15 is 0 Å². The summed E-state index contributed by atoms with van der Waals surface area (Å²) in [5, 5.41) is 4.46. The summed E-state index contributed by atoms with van der Waals surface area (Å²) in [5.41, 5.74) is 8.10. The lowest BCUT2D eigenvalue weighted by Crippen LogP contribution is -2.30. The molecule has 0 bridgehead atoms. The third kappa shape index (κ3) is 3.98. The molecule has 0 unspecified atom stereocenters. The molecular weight excluding hydrogens is 348 g/mol. The minimum atomic E-state index is 0.0405. The monoisotopic (exact) mass is 376 g/mol. The van der Waals surface area contributed by atoms with Crippen molar-refractivity contribution in [1.29, 1.82) is 0 Å². The number of carbonyl (C=O) groups excluding carboxylic acids is 1. The number of benzene rings is 1. The molecule has 3 aromatic rings. The average molecular weight is 377 g/mol. The van der Waals surface area contributed by atoms with Crippen molar-refractivity contribution in [2.24, 2.45) is 7.05 Å². The lowest BCUT2D eigenvalue weighted by atomic mass is 10.0. The van der Waals surface area contributed by atoms with Crippen LogP contribution in [0, 0.1) is 27.7 Å². The van der Waals surface area contributed by atoms with E-state index in [1.54, 1.807) is 0 Å². The van der Waals surface area contributed by atoms with Crippen LogP contribution in [0.25, 0.3) is 11.1 Å². The average Bonchev–Trinajstić information content (AvgIpc) is 2.90. The highest BCUT2D eigenvalue weighted by Gasteiger charge is 2.18. The number of pyridine rings is 1. The van der Waals surface area contributed by atoms with Crippen molar-refractivity contribution in [3.05, 3.63) is 70.3 Å². The Labute approximate surface area is 167 Å². The van der Waals surface area contributed by atoms with E-state index in [-0.39, 0.29) is 5.91 Å². The molecular formula is C23H28N4O. The fourth-order valence-corrected chi connectivity index (χ4v) is 3.55. The summed E-state index contributed by atoms with van der Waals surface area (Å²) in [6.45, 7) is 11.3. The van der Waals surface area contributed by atoms with Crippen molar-refractivity contribution >= 4 is 5.91 Å². The van der Waals surface area contributed by atoms with Crippen LogP contribution in [0.15, 0.2) is 36.4 Å². The quantitative estimate of drug-likeness (QED) is 0.664. The summed E-state index contributed by atoms with van der Waals surface area (Å²) in [6.07, 6.45) is 0. The minimum absolute atomic E-state index is 0.0405. The zero-order chi connectivity index (χ0) is 20.4. The molecule has 0 aliphatic carbocycles. The molecule has 5 heteroatoms. The molecule has 5 nitrogen and oxygen atoms in total. The van der Waals surface area contributed by atoms with Crippen LogP contribution in [0.3, 0.4) is 0 Å². The fourth-order valence-electron chi connectivity index (χ4n) is 3.55. The van der Waals surface area contributed by atoms with Crippen molar-refractivity contribution < 1.29 is 4.79 Å². The molecule has 1 amide bonds. The van der Waals surface area contributed by atoms with Crippen LogP contribution in [0.2, 0.25) is 0 Å². The number of hydrogen-bond acceptors (Lipinski definition) is 3. The molecule has 0 atom stereocenters. The molecule has 3 rings (SSSR count). The summed E-state index contributed by atoms with van der Waals surface area (Å²) in [4.78, 5) is 19.4. The second-order valence-corrected chi connectivity index (χ2v) is 7.31. The predicted octanol–water partition coefficient (Wildman–Crippen LogP) is 4.38. The Hall–Kier alpha value is -2.95. The maximum atomic E-state index is 13.1. The van der Waals surface area contributed by atoms with Crippen LogP contribution in [0.5, 0.6) is 0 Å². The van der Waals surface area contributed by atoms with E-state index in [0.717, 1.165) is 39.5 Å². The van der Waals surface area contributed by atoms with Gasteiger partial charge in [0, 0.05) is 48.3 Å². The van der Waals surface area contributed by atoms with Gasteiger partial charge in [0.25, 0.3) is 5.91 Å². The van der Waals surface area contributed by atoms with E-state index in [1.165, 1.54) is 0 Å². The Kier molecular flexibility index (Phi) is 5.63. The van der Waals surface area contributed by atoms with Gasteiger partial charge in [0.05, 0.1) is 5.69 Å². The lowest BCUT2D eigenvalue weighted by molar-refractivity contribution is 0.0752. The summed E-state index contributed by atoms with van der Waals surface area (Å²) in [5.74, 6) is 0.0405. The van der Waals surface area contributed by atoms with Gasteiger partial charge in [0.2, 0.25) is 0 Å². The van der Waals surface area contributed by atoms with Gasteiger partial charge in [-0.2, -0.15) is 5.10 Å². The normalized spacial score (nSPS) is 10.9. The van der Waals surface area contributed by atoms with Crippen molar-refractivity contribution in [2.45, 2.75) is 41.2 Å². The first-order chi connectivity index (χ1) is 13.3. The van der Waals surface area contributed by atoms with Gasteiger partial charge in [-0.25, -0.2) is 0 Å². The smallest absolute Gasteiger partial charge is 0.254 e. The predicted molar refractivity (Wildman–Crippen MR) is 112 cm³/mol. The molecule has 0 radical (unpaired) electrons. The van der Waals surface area contributed by atoms with Gasteiger partial charge >= 0.3 is 0 Å². The first-order valence-corrected chi connectivity index (χ1v) is 9.64. The SMILES string of the molecule is CCN(Cc1c(C)nn(C)c1C)C(=O)c1ccc(-c2cc(C)nc(C)c2)cc1. The molecule has 0 N–H and O–H groups in total. The zero-order valence-corrected chi connectivity index (χ0v) is 17.6. The van der Waals surface area contributed by atoms with Crippen molar-refractivity contribution in [3.8, 4) is 11.1 Å². The second kappa shape index (κ2) is 7.97. The zero-order valence-electron chi connectivity index (χ0n) is 17.6. The summed E-state index contributed by atoms with van der Waals surface area (Å²) < 4.78 is 1.87. The van der Waals surface area contributed by atoms with Gasteiger partial charge in [-0.15, -0.1) is 0 Å². The summed E-state index contributed by atoms with van der Waals surface area (Å²) in [7, 11) is 1.94. The Balaban J connectivity index is 1.82. The third-order valence-corrected chi connectivity index (χ3v) is 5.22. The van der Waals surface area contributed by atoms with Gasteiger partial charge in [-0.3, -0.25) is 14.5 Å². The topological polar surface area (TPSA) is 51.0 Å². The van der Waals surface area contributed by atoms with E-state index in [1.807, 2.05) is 75.5 Å². The highest BCUT2D eigenvalue weighted by atomic mass is 16.2. The van der Waals surface area contributed by atoms with Gasteiger partial charge < -0.3 is 4.90 Å². The van der Waals surface area contributed by atoms with Crippen molar-refractivity contribution in [1.82, 2.24) is 19.7 Å². The van der Waals surface area contributed by atoms with Gasteiger partial charge in [-0.1, -0.05) is 12.1 Å². The Morgan fingerprint density at radius 2 is 1.61 bits per heavy atom. The molecule has 0 fully saturated rings. The molecule has 0 aliphatic rings. The van der Waals surface area contributed by atoms with Crippen molar-refractivity contribution in [3.63, 3.8) is 0 Å². The van der Waals surface area contributed by atoms with E-state index in [2.05, 4.69) is 22.2 Å². The minimum Gasteiger partial charge on any atom is -0.334 e. The van der Waals surface area contributed by atoms with Crippen LogP contribution >= 0.6 is 0 Å². The van der Waals surface area contributed by atoms with Crippen LogP contribution in [0.4, 0.5) is 0 Å². The molecule has 146 valence electrons. The largest absolute Gasteiger partial charge is 0.334 e. The Bertz CT molecular complexity index is 982. The van der Waals surface area contributed by atoms with Gasteiger partial charge in [0.1, 0.15) is 0 Å². The molecule has 1 aromatic carbocycles. The Morgan fingerprint density at radius 3 is 2.11 bits per heavy atom. The van der Waals surface area contributed by atoms with Crippen LogP contribution in [0.1, 0.15) is 45.6 Å². The maximum Gasteiger partial charge on any atom is 0.254 e. The van der Waals surface area contributed by atoms with E-state index in [0.29, 0.717) is 18.7 Å². The van der Waals surface area contributed by atoms with Crippen LogP contribution in [-0.4, -0.2) is 32.1 Å². The van der Waals surface area contributed by atoms with Crippen molar-refractivity contribution in [2.75, 3.05) is 6.54 Å². The van der Waals surface area contributed by atoms with Crippen LogP contribution in [-0.2, 0) is 13.6 Å². The van der Waals surface area contributed by atoms with E-state index < -0.39 is 0 Å². The number of amides is 1. The number of rotatable bonds is 5. The maximum absolute atomic E-state index is 13.1. The van der Waals surface area contributed by atoms with Gasteiger partial charge in [-0.05, 0) is 70.0 Å². The molecule has 28 heavy (non-hydrogen) atoms. The lowest BCUT2D eigenvalue weighted by Gasteiger charge is -2.21. The molecule has 0 spiro atoms. The molecule has 2 aromatic heterocycles. The Morgan fingerprint density at radius 1 is 1.00 bits per heavy atom. The van der Waals surface area contributed by atoms with E-state index in [9.17, 15) is 4.79 Å². The first-order valence-electron chi connectivity index (χ1n) is 9.64. The summed E-state index contributed by atoms with van der Waals surface area (Å²) in [6, 6.07) is 12.0. The number of hydrogen-bond donors (Lipinski definition) is 0. The first kappa shape index (κ1) is 19.8. The summed E-state index contributed by atoms with van der Waals surface area (Å²) >= 11 is 0. The third-order valence-electron chi connectivity index (χ3n) is 5.22. The number of aryl methyl sites for hydroxylation is 4. The van der Waals surface area contributed by atoms with E-state index in [4.69, 9.17) is 0 Å². The molecule has 0 aliphatic heterocycles. The number of aromatic nitrogens is 3. The number of nitrogens with zero attached hydrogens (tertiary/aromatic N) is 4. The second-order valence-electron chi connectivity index (χ2n) is 7.31. The highest BCUT2D eigenvalue weighted by molar-refractivity contribution is 5.94. The molecule has 0 saturated heterocycles. The standard InChI is InChI=1S/C23H28N4O/c1-7-27(14-22-17(4)25-26(6)18(22)5)23(28)20-10-8-19(9-11-20)21-12-15(2)24-16(3)13-21/h8-13H,7,14H2,1-6H3. The fraction of sp³-hybridized carbons (Fsp3) is 0.348. The molecule has 0 saturated carbocycles. The number of carbonyl (C=O) groups is 1.